The Morgan fingerprint density at radius 1 is 1.22 bits per heavy atom. The van der Waals surface area contributed by atoms with Crippen molar-refractivity contribution >= 4 is 11.3 Å². The molecule has 18 heavy (non-hydrogen) atoms. The highest BCUT2D eigenvalue weighted by atomic mass is 32.1. The maximum absolute atomic E-state index is 9.19. The number of phenolic OH excluding ortho intramolecular Hbond substituents is 1. The number of aromatic nitrogens is 1. The molecule has 2 rings (SSSR count). The summed E-state index contributed by atoms with van der Waals surface area (Å²) in [4.78, 5) is 5.73. The van der Waals surface area contributed by atoms with Gasteiger partial charge in [-0.2, -0.15) is 0 Å². The van der Waals surface area contributed by atoms with Crippen LogP contribution in [0, 0.1) is 13.8 Å². The van der Waals surface area contributed by atoms with Crippen LogP contribution >= 0.6 is 11.3 Å². The summed E-state index contributed by atoms with van der Waals surface area (Å²) in [6.45, 7) is 5.91. The van der Waals surface area contributed by atoms with Crippen LogP contribution in [0.3, 0.4) is 0 Å². The van der Waals surface area contributed by atoms with E-state index in [1.807, 2.05) is 19.1 Å². The summed E-state index contributed by atoms with van der Waals surface area (Å²) in [5, 5.41) is 13.7. The molecule has 0 radical (unpaired) electrons. The van der Waals surface area contributed by atoms with Crippen LogP contribution in [0.4, 0.5) is 0 Å². The monoisotopic (exact) mass is 262 g/mol. The first-order valence-corrected chi connectivity index (χ1v) is 6.88. The largest absolute Gasteiger partial charge is 0.508 e. The molecular formula is C14H18N2OS. The molecule has 0 aliphatic carbocycles. The van der Waals surface area contributed by atoms with Crippen LogP contribution in [-0.2, 0) is 13.0 Å². The lowest BCUT2D eigenvalue weighted by atomic mass is 10.1. The molecule has 96 valence electrons. The molecule has 2 N–H and O–H groups in total. The number of hydrogen-bond acceptors (Lipinski definition) is 4. The molecule has 0 spiro atoms. The van der Waals surface area contributed by atoms with E-state index >= 15 is 0 Å². The van der Waals surface area contributed by atoms with E-state index in [4.69, 9.17) is 0 Å². The molecule has 1 heterocycles. The number of rotatable bonds is 5. The standard InChI is InChI=1S/C14H18N2OS/c1-10-14(18-11(2)16-10)9-15-8-7-12-3-5-13(17)6-4-12/h3-6,15,17H,7-9H2,1-2H3. The minimum Gasteiger partial charge on any atom is -0.508 e. The molecule has 3 nitrogen and oxygen atoms in total. The lowest BCUT2D eigenvalue weighted by molar-refractivity contribution is 0.475. The molecule has 0 unspecified atom stereocenters. The van der Waals surface area contributed by atoms with E-state index in [1.165, 1.54) is 10.4 Å². The summed E-state index contributed by atoms with van der Waals surface area (Å²) in [5.41, 5.74) is 2.37. The van der Waals surface area contributed by atoms with Gasteiger partial charge >= 0.3 is 0 Å². The SMILES string of the molecule is Cc1nc(C)c(CNCCc2ccc(O)cc2)s1. The molecule has 0 bridgehead atoms. The minimum atomic E-state index is 0.322. The Bertz CT molecular complexity index is 505. The maximum Gasteiger partial charge on any atom is 0.115 e. The first kappa shape index (κ1) is 13.1. The summed E-state index contributed by atoms with van der Waals surface area (Å²) in [5.74, 6) is 0.322. The van der Waals surface area contributed by atoms with Gasteiger partial charge < -0.3 is 10.4 Å². The second-order valence-corrected chi connectivity index (χ2v) is 5.62. The van der Waals surface area contributed by atoms with Crippen LogP contribution in [0.25, 0.3) is 0 Å². The number of nitrogens with one attached hydrogen (secondary N) is 1. The van der Waals surface area contributed by atoms with Crippen molar-refractivity contribution < 1.29 is 5.11 Å². The van der Waals surface area contributed by atoms with Gasteiger partial charge in [-0.05, 0) is 44.5 Å². The predicted molar refractivity (Wildman–Crippen MR) is 75.1 cm³/mol. The molecule has 0 amide bonds. The van der Waals surface area contributed by atoms with Crippen molar-refractivity contribution in [3.05, 3.63) is 45.4 Å². The normalized spacial score (nSPS) is 10.8. The topological polar surface area (TPSA) is 45.2 Å². The zero-order chi connectivity index (χ0) is 13.0. The van der Waals surface area contributed by atoms with Gasteiger partial charge in [0.15, 0.2) is 0 Å². The Hall–Kier alpha value is -1.39. The summed E-state index contributed by atoms with van der Waals surface area (Å²) in [6.07, 6.45) is 0.969. The third-order valence-corrected chi connectivity index (χ3v) is 3.88. The maximum atomic E-state index is 9.19. The third-order valence-electron chi connectivity index (χ3n) is 2.81. The van der Waals surface area contributed by atoms with Gasteiger partial charge in [0.25, 0.3) is 0 Å². The summed E-state index contributed by atoms with van der Waals surface area (Å²) in [6, 6.07) is 7.37. The van der Waals surface area contributed by atoms with E-state index in [2.05, 4.69) is 17.2 Å². The van der Waals surface area contributed by atoms with Crippen LogP contribution in [0.5, 0.6) is 5.75 Å². The van der Waals surface area contributed by atoms with Crippen LogP contribution in [0.15, 0.2) is 24.3 Å². The number of nitrogens with zero attached hydrogens (tertiary/aromatic N) is 1. The second kappa shape index (κ2) is 5.98. The van der Waals surface area contributed by atoms with Crippen molar-refractivity contribution in [2.24, 2.45) is 0 Å². The van der Waals surface area contributed by atoms with Crippen LogP contribution < -0.4 is 5.32 Å². The van der Waals surface area contributed by atoms with Crippen LogP contribution in [0.2, 0.25) is 0 Å². The Labute approximate surface area is 112 Å². The molecule has 2 aromatic rings. The minimum absolute atomic E-state index is 0.322. The van der Waals surface area contributed by atoms with E-state index in [0.29, 0.717) is 5.75 Å². The fourth-order valence-corrected chi connectivity index (χ4v) is 2.74. The van der Waals surface area contributed by atoms with Gasteiger partial charge in [0.1, 0.15) is 5.75 Å². The molecule has 4 heteroatoms. The number of aryl methyl sites for hydroxylation is 2. The number of benzene rings is 1. The molecule has 1 aromatic heterocycles. The highest BCUT2D eigenvalue weighted by Gasteiger charge is 2.03. The molecular weight excluding hydrogens is 244 g/mol. The lowest BCUT2D eigenvalue weighted by Crippen LogP contribution is -2.16. The van der Waals surface area contributed by atoms with Gasteiger partial charge in [0.2, 0.25) is 0 Å². The smallest absolute Gasteiger partial charge is 0.115 e. The Balaban J connectivity index is 1.76. The number of aromatic hydroxyl groups is 1. The number of phenols is 1. The molecule has 0 saturated carbocycles. The fraction of sp³-hybridized carbons (Fsp3) is 0.357. The first-order chi connectivity index (χ1) is 8.65. The zero-order valence-corrected chi connectivity index (χ0v) is 11.5. The zero-order valence-electron chi connectivity index (χ0n) is 10.7. The average Bonchev–Trinajstić information content (AvgIpc) is 2.66. The third kappa shape index (κ3) is 3.55. The fourth-order valence-electron chi connectivity index (χ4n) is 1.83. The van der Waals surface area contributed by atoms with Gasteiger partial charge in [-0.3, -0.25) is 0 Å². The van der Waals surface area contributed by atoms with E-state index in [0.717, 1.165) is 30.2 Å². The molecule has 0 fully saturated rings. The summed E-state index contributed by atoms with van der Waals surface area (Å²) < 4.78 is 0. The molecule has 0 atom stereocenters. The summed E-state index contributed by atoms with van der Waals surface area (Å²) >= 11 is 1.76. The number of hydrogen-bond donors (Lipinski definition) is 2. The highest BCUT2D eigenvalue weighted by Crippen LogP contribution is 2.16. The van der Waals surface area contributed by atoms with Crippen molar-refractivity contribution in [3.63, 3.8) is 0 Å². The van der Waals surface area contributed by atoms with E-state index < -0.39 is 0 Å². The van der Waals surface area contributed by atoms with E-state index in [9.17, 15) is 5.11 Å². The van der Waals surface area contributed by atoms with E-state index in [-0.39, 0.29) is 0 Å². The van der Waals surface area contributed by atoms with Gasteiger partial charge in [0.05, 0.1) is 10.7 Å². The first-order valence-electron chi connectivity index (χ1n) is 6.06. The van der Waals surface area contributed by atoms with Crippen LogP contribution in [0.1, 0.15) is 21.1 Å². The van der Waals surface area contributed by atoms with Gasteiger partial charge in [-0.1, -0.05) is 12.1 Å². The second-order valence-electron chi connectivity index (χ2n) is 4.33. The van der Waals surface area contributed by atoms with Crippen molar-refractivity contribution in [1.29, 1.82) is 0 Å². The van der Waals surface area contributed by atoms with Gasteiger partial charge in [-0.15, -0.1) is 11.3 Å². The molecule has 0 aliphatic rings. The van der Waals surface area contributed by atoms with E-state index in [1.54, 1.807) is 23.5 Å². The Kier molecular flexibility index (Phi) is 4.33. The quantitative estimate of drug-likeness (QED) is 0.814. The highest BCUT2D eigenvalue weighted by molar-refractivity contribution is 7.11. The Morgan fingerprint density at radius 3 is 2.56 bits per heavy atom. The van der Waals surface area contributed by atoms with Crippen molar-refractivity contribution in [1.82, 2.24) is 10.3 Å². The van der Waals surface area contributed by atoms with Crippen molar-refractivity contribution in [2.75, 3.05) is 6.54 Å². The Morgan fingerprint density at radius 2 is 1.94 bits per heavy atom. The lowest BCUT2D eigenvalue weighted by Gasteiger charge is -2.04. The van der Waals surface area contributed by atoms with Crippen molar-refractivity contribution in [3.8, 4) is 5.75 Å². The summed E-state index contributed by atoms with van der Waals surface area (Å²) in [7, 11) is 0. The van der Waals surface area contributed by atoms with Gasteiger partial charge in [-0.25, -0.2) is 4.98 Å². The number of thiazole rings is 1. The molecule has 0 saturated heterocycles. The van der Waals surface area contributed by atoms with Crippen molar-refractivity contribution in [2.45, 2.75) is 26.8 Å². The van der Waals surface area contributed by atoms with Crippen LogP contribution in [-0.4, -0.2) is 16.6 Å². The molecule has 0 aliphatic heterocycles. The molecule has 1 aromatic carbocycles. The average molecular weight is 262 g/mol. The predicted octanol–water partition coefficient (Wildman–Crippen LogP) is 2.80. The van der Waals surface area contributed by atoms with Gasteiger partial charge in [0, 0.05) is 11.4 Å².